The van der Waals surface area contributed by atoms with Crippen LogP contribution in [0.2, 0.25) is 5.02 Å². The number of halogens is 3. The van der Waals surface area contributed by atoms with Gasteiger partial charge >= 0.3 is 0 Å². The highest BCUT2D eigenvalue weighted by atomic mass is 35.5. The topological polar surface area (TPSA) is 44.4 Å². The molecule has 7 heteroatoms. The zero-order valence-corrected chi connectivity index (χ0v) is 15.8. The van der Waals surface area contributed by atoms with E-state index in [1.165, 1.54) is 6.07 Å². The normalized spacial score (nSPS) is 17.4. The van der Waals surface area contributed by atoms with Crippen LogP contribution in [0, 0.1) is 5.82 Å². The van der Waals surface area contributed by atoms with Crippen molar-refractivity contribution < 1.29 is 9.18 Å². The van der Waals surface area contributed by atoms with Crippen LogP contribution in [0.25, 0.3) is 0 Å². The fraction of sp³-hybridized carbons (Fsp3) is 0.316. The molecule has 0 saturated carbocycles. The van der Waals surface area contributed by atoms with Gasteiger partial charge in [0.05, 0.1) is 5.69 Å². The van der Waals surface area contributed by atoms with Crippen LogP contribution in [0.5, 0.6) is 0 Å². The van der Waals surface area contributed by atoms with Gasteiger partial charge in [-0.05, 0) is 29.8 Å². The quantitative estimate of drug-likeness (QED) is 0.804. The van der Waals surface area contributed by atoms with Gasteiger partial charge in [0.25, 0.3) is 0 Å². The molecule has 1 heterocycles. The van der Waals surface area contributed by atoms with Crippen molar-refractivity contribution in [2.24, 2.45) is 0 Å². The fourth-order valence-electron chi connectivity index (χ4n) is 3.08. The van der Waals surface area contributed by atoms with Crippen molar-refractivity contribution in [3.05, 3.63) is 64.9 Å². The van der Waals surface area contributed by atoms with Gasteiger partial charge in [0.15, 0.2) is 0 Å². The molecule has 0 aliphatic carbocycles. The van der Waals surface area contributed by atoms with Gasteiger partial charge in [-0.1, -0.05) is 35.9 Å². The monoisotopic (exact) mass is 397 g/mol. The van der Waals surface area contributed by atoms with E-state index in [4.69, 9.17) is 11.6 Å². The number of rotatable bonds is 5. The minimum atomic E-state index is -0.421. The Morgan fingerprint density at radius 1 is 1.27 bits per heavy atom. The highest BCUT2D eigenvalue weighted by Crippen LogP contribution is 2.24. The smallest absolute Gasteiger partial charge is 0.225 e. The summed E-state index contributed by atoms with van der Waals surface area (Å²) in [7, 11) is 0. The summed E-state index contributed by atoms with van der Waals surface area (Å²) in [5.41, 5.74) is 1.36. The third-order valence-corrected chi connectivity index (χ3v) is 4.60. The summed E-state index contributed by atoms with van der Waals surface area (Å²) in [6, 6.07) is 14.2. The minimum Gasteiger partial charge on any atom is -0.324 e. The lowest BCUT2D eigenvalue weighted by Crippen LogP contribution is -2.46. The van der Waals surface area contributed by atoms with Gasteiger partial charge in [-0.2, -0.15) is 0 Å². The molecular weight excluding hydrogens is 376 g/mol. The van der Waals surface area contributed by atoms with Crippen LogP contribution in [-0.2, 0) is 4.79 Å². The molecule has 0 aromatic heterocycles. The van der Waals surface area contributed by atoms with Gasteiger partial charge in [-0.3, -0.25) is 9.69 Å². The predicted molar refractivity (Wildman–Crippen MR) is 106 cm³/mol. The molecule has 1 aliphatic heterocycles. The molecule has 0 radical (unpaired) electrons. The summed E-state index contributed by atoms with van der Waals surface area (Å²) in [6.07, 6.45) is 0.311. The number of nitrogens with one attached hydrogen (secondary N) is 2. The zero-order valence-electron chi connectivity index (χ0n) is 14.3. The first-order valence-corrected chi connectivity index (χ1v) is 8.76. The Morgan fingerprint density at radius 2 is 2.08 bits per heavy atom. The van der Waals surface area contributed by atoms with Crippen LogP contribution in [-0.4, -0.2) is 37.0 Å². The number of nitrogens with zero attached hydrogens (tertiary/aromatic N) is 1. The van der Waals surface area contributed by atoms with Gasteiger partial charge in [0.2, 0.25) is 5.91 Å². The Balaban J connectivity index is 0.00000243. The summed E-state index contributed by atoms with van der Waals surface area (Å²) in [5.74, 6) is -0.608. The molecule has 140 valence electrons. The van der Waals surface area contributed by atoms with E-state index in [0.717, 1.165) is 25.2 Å². The lowest BCUT2D eigenvalue weighted by atomic mass is 10.0. The molecule has 2 aromatic carbocycles. The third kappa shape index (κ3) is 5.42. The molecule has 0 spiro atoms. The molecule has 1 fully saturated rings. The average Bonchev–Trinajstić information content (AvgIpc) is 2.62. The molecule has 4 nitrogen and oxygen atoms in total. The maximum absolute atomic E-state index is 13.6. The Kier molecular flexibility index (Phi) is 7.85. The lowest BCUT2D eigenvalue weighted by Gasteiger charge is -2.36. The SMILES string of the molecule is Cl.O=C(CCN1CCNCC1c1cccc(Cl)c1)Nc1ccccc1F. The number of benzene rings is 2. The number of hydrogen-bond acceptors (Lipinski definition) is 3. The first-order chi connectivity index (χ1) is 12.1. The summed E-state index contributed by atoms with van der Waals surface area (Å²) in [4.78, 5) is 14.4. The first kappa shape index (κ1) is 20.6. The Hall–Kier alpha value is -1.66. The van der Waals surface area contributed by atoms with Crippen LogP contribution in [0.4, 0.5) is 10.1 Å². The minimum absolute atomic E-state index is 0. The van der Waals surface area contributed by atoms with E-state index in [9.17, 15) is 9.18 Å². The van der Waals surface area contributed by atoms with Crippen LogP contribution in [0.1, 0.15) is 18.0 Å². The third-order valence-electron chi connectivity index (χ3n) is 4.36. The molecule has 2 N–H and O–H groups in total. The van der Waals surface area contributed by atoms with Crippen molar-refractivity contribution in [3.8, 4) is 0 Å². The number of hydrogen-bond donors (Lipinski definition) is 2. The molecule has 3 rings (SSSR count). The Labute approximate surface area is 164 Å². The lowest BCUT2D eigenvalue weighted by molar-refractivity contribution is -0.116. The van der Waals surface area contributed by atoms with Crippen LogP contribution in [0.3, 0.4) is 0 Å². The maximum Gasteiger partial charge on any atom is 0.225 e. The van der Waals surface area contributed by atoms with Crippen molar-refractivity contribution >= 4 is 35.6 Å². The van der Waals surface area contributed by atoms with Crippen molar-refractivity contribution in [2.45, 2.75) is 12.5 Å². The molecule has 1 saturated heterocycles. The Morgan fingerprint density at radius 3 is 2.85 bits per heavy atom. The molecule has 1 amide bonds. The summed E-state index contributed by atoms with van der Waals surface area (Å²) in [5, 5.41) is 6.73. The van der Waals surface area contributed by atoms with E-state index in [2.05, 4.69) is 21.6 Å². The fourth-order valence-corrected chi connectivity index (χ4v) is 3.28. The summed E-state index contributed by atoms with van der Waals surface area (Å²) >= 11 is 6.11. The van der Waals surface area contributed by atoms with E-state index in [0.29, 0.717) is 18.0 Å². The van der Waals surface area contributed by atoms with Gasteiger partial charge < -0.3 is 10.6 Å². The summed E-state index contributed by atoms with van der Waals surface area (Å²) < 4.78 is 13.6. The van der Waals surface area contributed by atoms with Crippen LogP contribution >= 0.6 is 24.0 Å². The Bertz CT molecular complexity index is 744. The number of carbonyl (C=O) groups is 1. The van der Waals surface area contributed by atoms with Gasteiger partial charge in [-0.25, -0.2) is 4.39 Å². The highest BCUT2D eigenvalue weighted by molar-refractivity contribution is 6.30. The van der Waals surface area contributed by atoms with Gasteiger partial charge in [-0.15, -0.1) is 12.4 Å². The van der Waals surface area contributed by atoms with Crippen LogP contribution in [0.15, 0.2) is 48.5 Å². The molecule has 0 bridgehead atoms. The number of anilines is 1. The second-order valence-corrected chi connectivity index (χ2v) is 6.53. The van der Waals surface area contributed by atoms with Crippen molar-refractivity contribution in [1.29, 1.82) is 0 Å². The van der Waals surface area contributed by atoms with Crippen molar-refractivity contribution in [1.82, 2.24) is 10.2 Å². The van der Waals surface area contributed by atoms with Gasteiger partial charge in [0.1, 0.15) is 5.82 Å². The largest absolute Gasteiger partial charge is 0.324 e. The number of piperazine rings is 1. The van der Waals surface area contributed by atoms with E-state index >= 15 is 0 Å². The van der Waals surface area contributed by atoms with E-state index in [1.807, 2.05) is 18.2 Å². The number of para-hydroxylation sites is 1. The first-order valence-electron chi connectivity index (χ1n) is 8.38. The second-order valence-electron chi connectivity index (χ2n) is 6.09. The molecule has 1 unspecified atom stereocenters. The average molecular weight is 398 g/mol. The second kappa shape index (κ2) is 9.88. The molecular formula is C19H22Cl2FN3O. The zero-order chi connectivity index (χ0) is 17.6. The maximum atomic E-state index is 13.6. The molecule has 1 atom stereocenters. The predicted octanol–water partition coefficient (Wildman–Crippen LogP) is 3.88. The highest BCUT2D eigenvalue weighted by Gasteiger charge is 2.24. The number of amides is 1. The van der Waals surface area contributed by atoms with E-state index < -0.39 is 5.82 Å². The van der Waals surface area contributed by atoms with Crippen molar-refractivity contribution in [3.63, 3.8) is 0 Å². The molecule has 2 aromatic rings. The standard InChI is InChI=1S/C19H21ClFN3O.ClH/c20-15-5-3-4-14(12-15)18-13-22-9-11-24(18)10-8-19(25)23-17-7-2-1-6-16(17)21;/h1-7,12,18,22H,8-11,13H2,(H,23,25);1H. The van der Waals surface area contributed by atoms with Gasteiger partial charge in [0, 0.05) is 43.7 Å². The number of carbonyl (C=O) groups excluding carboxylic acids is 1. The van der Waals surface area contributed by atoms with E-state index in [1.54, 1.807) is 18.2 Å². The van der Waals surface area contributed by atoms with Crippen molar-refractivity contribution in [2.75, 3.05) is 31.5 Å². The summed E-state index contributed by atoms with van der Waals surface area (Å²) in [6.45, 7) is 3.16. The molecule has 1 aliphatic rings. The molecule has 26 heavy (non-hydrogen) atoms. The van der Waals surface area contributed by atoms with Crippen LogP contribution < -0.4 is 10.6 Å². The van der Waals surface area contributed by atoms with E-state index in [-0.39, 0.29) is 30.0 Å².